The third kappa shape index (κ3) is 5.12. The van der Waals surface area contributed by atoms with Gasteiger partial charge in [0.05, 0.1) is 16.8 Å². The van der Waals surface area contributed by atoms with Crippen LogP contribution in [-0.2, 0) is 18.0 Å². The van der Waals surface area contributed by atoms with Crippen molar-refractivity contribution in [2.24, 2.45) is 0 Å². The van der Waals surface area contributed by atoms with E-state index in [0.717, 1.165) is 18.2 Å². The lowest BCUT2D eigenvalue weighted by Gasteiger charge is -2.14. The molecule has 1 N–H and O–H groups in total. The maximum absolute atomic E-state index is 13.7. The first-order chi connectivity index (χ1) is 16.7. The fraction of sp³-hybridized carbons (Fsp3) is 0.192. The Bertz CT molecular complexity index is 1400. The molecule has 4 rings (SSSR count). The second-order valence-electron chi connectivity index (χ2n) is 8.66. The van der Waals surface area contributed by atoms with Gasteiger partial charge in [0.25, 0.3) is 0 Å². The summed E-state index contributed by atoms with van der Waals surface area (Å²) in [5.74, 6) is -0.0274. The van der Waals surface area contributed by atoms with Crippen LogP contribution in [0.5, 0.6) is 0 Å². The molecule has 4 aromatic rings. The van der Waals surface area contributed by atoms with E-state index in [2.05, 4.69) is 4.98 Å². The highest BCUT2D eigenvalue weighted by molar-refractivity contribution is 6.33. The van der Waals surface area contributed by atoms with E-state index in [9.17, 15) is 31.4 Å². The van der Waals surface area contributed by atoms with Crippen molar-refractivity contribution in [3.63, 3.8) is 0 Å². The van der Waals surface area contributed by atoms with Crippen LogP contribution in [0.3, 0.4) is 0 Å². The fourth-order valence-electron chi connectivity index (χ4n) is 3.71. The Kier molecular flexibility index (Phi) is 6.43. The van der Waals surface area contributed by atoms with Gasteiger partial charge in [0.15, 0.2) is 0 Å². The second kappa shape index (κ2) is 8.97. The lowest BCUT2D eigenvalue weighted by Crippen LogP contribution is -2.15. The molecule has 0 saturated carbocycles. The van der Waals surface area contributed by atoms with Gasteiger partial charge in [-0.2, -0.15) is 26.3 Å². The molecular weight excluding hydrogens is 506 g/mol. The van der Waals surface area contributed by atoms with Crippen molar-refractivity contribution >= 4 is 11.6 Å². The highest BCUT2D eigenvalue weighted by Crippen LogP contribution is 2.39. The molecule has 3 nitrogen and oxygen atoms in total. The Hall–Kier alpha value is -3.30. The molecule has 0 aliphatic rings. The number of aromatic nitrogens is 2. The Morgan fingerprint density at radius 1 is 0.806 bits per heavy atom. The summed E-state index contributed by atoms with van der Waals surface area (Å²) < 4.78 is 81.4. The summed E-state index contributed by atoms with van der Waals surface area (Å²) in [6, 6.07) is 14.4. The largest absolute Gasteiger partial charge is 0.417 e. The molecule has 0 aliphatic heterocycles. The third-order valence-corrected chi connectivity index (χ3v) is 5.87. The summed E-state index contributed by atoms with van der Waals surface area (Å²) in [5, 5.41) is 10.4. The first-order valence-corrected chi connectivity index (χ1v) is 11.0. The molecule has 3 aromatic carbocycles. The summed E-state index contributed by atoms with van der Waals surface area (Å²) >= 11 is 6.10. The number of imidazole rings is 1. The van der Waals surface area contributed by atoms with Crippen molar-refractivity contribution in [3.05, 3.63) is 94.8 Å². The number of hydrogen-bond acceptors (Lipinski definition) is 2. The summed E-state index contributed by atoms with van der Waals surface area (Å²) in [5.41, 5.74) is -1.90. The van der Waals surface area contributed by atoms with Crippen LogP contribution in [0.25, 0.3) is 28.2 Å². The number of alkyl halides is 6. The van der Waals surface area contributed by atoms with E-state index >= 15 is 0 Å². The van der Waals surface area contributed by atoms with E-state index < -0.39 is 29.1 Å². The molecule has 0 bridgehead atoms. The number of aliphatic hydroxyl groups is 1. The van der Waals surface area contributed by atoms with E-state index in [1.54, 1.807) is 24.3 Å². The molecule has 0 aliphatic carbocycles. The topological polar surface area (TPSA) is 38.0 Å². The first-order valence-electron chi connectivity index (χ1n) is 10.6. The smallest absolute Gasteiger partial charge is 0.384 e. The number of rotatable bonds is 4. The summed E-state index contributed by atoms with van der Waals surface area (Å²) in [6.07, 6.45) is -7.72. The zero-order valence-electron chi connectivity index (χ0n) is 18.9. The van der Waals surface area contributed by atoms with Crippen molar-refractivity contribution < 1.29 is 31.4 Å². The molecule has 10 heteroatoms. The molecule has 0 radical (unpaired) electrons. The molecule has 0 atom stereocenters. The molecule has 0 unspecified atom stereocenters. The van der Waals surface area contributed by atoms with E-state index in [1.165, 1.54) is 48.9 Å². The average molecular weight is 525 g/mol. The molecule has 0 amide bonds. The number of nitrogens with zero attached hydrogens (tertiary/aromatic N) is 2. The monoisotopic (exact) mass is 524 g/mol. The van der Waals surface area contributed by atoms with Gasteiger partial charge in [-0.3, -0.25) is 4.57 Å². The van der Waals surface area contributed by atoms with E-state index in [-0.39, 0.29) is 22.1 Å². The number of benzene rings is 3. The Labute approximate surface area is 207 Å². The van der Waals surface area contributed by atoms with Gasteiger partial charge in [-0.05, 0) is 49.7 Å². The van der Waals surface area contributed by atoms with Crippen LogP contribution in [-0.4, -0.2) is 14.7 Å². The molecule has 0 fully saturated rings. The van der Waals surface area contributed by atoms with E-state index in [1.807, 2.05) is 0 Å². The molecule has 1 aromatic heterocycles. The van der Waals surface area contributed by atoms with Crippen LogP contribution < -0.4 is 0 Å². The van der Waals surface area contributed by atoms with Crippen LogP contribution in [0.4, 0.5) is 26.3 Å². The molecule has 36 heavy (non-hydrogen) atoms. The normalized spacial score (nSPS) is 12.7. The quantitative estimate of drug-likeness (QED) is 0.274. The minimum absolute atomic E-state index is 0.0274. The lowest BCUT2D eigenvalue weighted by atomic mass is 10.0. The highest BCUT2D eigenvalue weighted by atomic mass is 35.5. The predicted molar refractivity (Wildman–Crippen MR) is 125 cm³/mol. The van der Waals surface area contributed by atoms with Crippen LogP contribution in [0.2, 0.25) is 5.02 Å². The van der Waals surface area contributed by atoms with Gasteiger partial charge >= 0.3 is 12.4 Å². The van der Waals surface area contributed by atoms with E-state index in [4.69, 9.17) is 11.6 Å². The van der Waals surface area contributed by atoms with Gasteiger partial charge in [0.1, 0.15) is 11.4 Å². The van der Waals surface area contributed by atoms with Crippen LogP contribution >= 0.6 is 11.6 Å². The number of halogens is 7. The molecular formula is C26H19ClF6N2O. The molecule has 1 heterocycles. The Balaban J connectivity index is 1.81. The maximum atomic E-state index is 13.7. The van der Waals surface area contributed by atoms with Crippen molar-refractivity contribution in [1.29, 1.82) is 0 Å². The van der Waals surface area contributed by atoms with Crippen LogP contribution in [0.15, 0.2) is 72.9 Å². The predicted octanol–water partition coefficient (Wildman–Crippen LogP) is 8.12. The Morgan fingerprint density at radius 2 is 1.44 bits per heavy atom. The van der Waals surface area contributed by atoms with Gasteiger partial charge < -0.3 is 5.11 Å². The van der Waals surface area contributed by atoms with E-state index in [0.29, 0.717) is 16.8 Å². The average Bonchev–Trinajstić information content (AvgIpc) is 3.24. The maximum Gasteiger partial charge on any atom is 0.417 e. The second-order valence-corrected chi connectivity index (χ2v) is 9.07. The summed E-state index contributed by atoms with van der Waals surface area (Å²) in [4.78, 5) is 4.31. The van der Waals surface area contributed by atoms with Gasteiger partial charge in [-0.25, -0.2) is 4.98 Å². The van der Waals surface area contributed by atoms with Crippen molar-refractivity contribution in [2.75, 3.05) is 0 Å². The zero-order chi connectivity index (χ0) is 26.5. The van der Waals surface area contributed by atoms with Crippen molar-refractivity contribution in [2.45, 2.75) is 31.8 Å². The minimum atomic E-state index is -4.63. The lowest BCUT2D eigenvalue weighted by molar-refractivity contribution is -0.138. The van der Waals surface area contributed by atoms with Crippen LogP contribution in [0, 0.1) is 0 Å². The Morgan fingerprint density at radius 3 is 2.00 bits per heavy atom. The van der Waals surface area contributed by atoms with Gasteiger partial charge in [0.2, 0.25) is 0 Å². The molecule has 0 spiro atoms. The highest BCUT2D eigenvalue weighted by Gasteiger charge is 2.35. The van der Waals surface area contributed by atoms with Gasteiger partial charge in [0, 0.05) is 28.0 Å². The third-order valence-electron chi connectivity index (χ3n) is 5.56. The van der Waals surface area contributed by atoms with Crippen molar-refractivity contribution in [1.82, 2.24) is 9.55 Å². The summed E-state index contributed by atoms with van der Waals surface area (Å²) in [7, 11) is 0. The van der Waals surface area contributed by atoms with Gasteiger partial charge in [-0.15, -0.1) is 0 Å². The zero-order valence-corrected chi connectivity index (χ0v) is 19.7. The molecule has 0 saturated heterocycles. The number of hydrogen-bond donors (Lipinski definition) is 1. The van der Waals surface area contributed by atoms with Gasteiger partial charge in [-0.1, -0.05) is 48.0 Å². The molecule has 188 valence electrons. The standard InChI is InChI=1S/C26H19ClF6N2O/c1-24(2,36)22-14-35(23(34-22)19-5-3-4-6-20(19)26(31,32)33)17-10-7-15(8-11-17)18-12-9-16(13-21(18)27)25(28,29)30/h3-14,36H,1-2H3. The first kappa shape index (κ1) is 25.8. The fourth-order valence-corrected chi connectivity index (χ4v) is 4.00. The summed E-state index contributed by atoms with van der Waals surface area (Å²) in [6.45, 7) is 2.93. The van der Waals surface area contributed by atoms with Crippen LogP contribution in [0.1, 0.15) is 30.7 Å². The minimum Gasteiger partial charge on any atom is -0.384 e. The SMILES string of the molecule is CC(C)(O)c1cn(-c2ccc(-c3ccc(C(F)(F)F)cc3Cl)cc2)c(-c2ccccc2C(F)(F)F)n1. The van der Waals surface area contributed by atoms with Crippen molar-refractivity contribution in [3.8, 4) is 28.2 Å².